The molecule has 0 spiro atoms. The summed E-state index contributed by atoms with van der Waals surface area (Å²) in [4.78, 5) is 48.5. The van der Waals surface area contributed by atoms with Crippen LogP contribution in [0, 0.1) is 0 Å². The number of carbonyl (C=O) groups excluding carboxylic acids is 4. The van der Waals surface area contributed by atoms with Crippen molar-refractivity contribution in [2.45, 2.75) is 13.3 Å². The van der Waals surface area contributed by atoms with E-state index in [0.29, 0.717) is 11.3 Å². The number of furan rings is 1. The highest BCUT2D eigenvalue weighted by molar-refractivity contribution is 7.15. The van der Waals surface area contributed by atoms with Crippen LogP contribution in [-0.2, 0) is 30.3 Å². The third-order valence-corrected chi connectivity index (χ3v) is 5.21. The average Bonchev–Trinajstić information content (AvgIpc) is 3.47. The monoisotopic (exact) mass is 470 g/mol. The molecule has 0 fully saturated rings. The Morgan fingerprint density at radius 1 is 1.00 bits per heavy atom. The van der Waals surface area contributed by atoms with Crippen molar-refractivity contribution in [1.82, 2.24) is 5.32 Å². The van der Waals surface area contributed by atoms with Crippen LogP contribution in [-0.4, -0.2) is 43.5 Å². The minimum Gasteiger partial charge on any atom is -0.464 e. The number of esters is 2. The third-order valence-electron chi connectivity index (χ3n) is 4.31. The van der Waals surface area contributed by atoms with Crippen molar-refractivity contribution in [2.24, 2.45) is 0 Å². The molecule has 0 bridgehead atoms. The Kier molecular flexibility index (Phi) is 8.36. The van der Waals surface area contributed by atoms with Gasteiger partial charge in [0.1, 0.15) is 22.9 Å². The van der Waals surface area contributed by atoms with Gasteiger partial charge in [-0.25, -0.2) is 4.79 Å². The van der Waals surface area contributed by atoms with E-state index in [4.69, 9.17) is 13.9 Å². The molecule has 0 aliphatic heterocycles. The van der Waals surface area contributed by atoms with Crippen LogP contribution in [0.1, 0.15) is 22.8 Å². The summed E-state index contributed by atoms with van der Waals surface area (Å²) in [5.74, 6) is -1.91. The molecule has 10 heteroatoms. The van der Waals surface area contributed by atoms with Gasteiger partial charge in [0.2, 0.25) is 5.91 Å². The van der Waals surface area contributed by atoms with E-state index in [1.165, 1.54) is 6.26 Å². The molecule has 3 rings (SSSR count). The first kappa shape index (κ1) is 23.7. The molecular formula is C23H22N2O7S. The second kappa shape index (κ2) is 11.6. The highest BCUT2D eigenvalue weighted by Gasteiger charge is 2.24. The Morgan fingerprint density at radius 2 is 1.79 bits per heavy atom. The maximum atomic E-state index is 12.4. The zero-order valence-corrected chi connectivity index (χ0v) is 18.6. The molecule has 0 radical (unpaired) electrons. The number of carbonyl (C=O) groups is 4. The van der Waals surface area contributed by atoms with E-state index in [1.807, 2.05) is 18.2 Å². The van der Waals surface area contributed by atoms with Crippen LogP contribution in [0.4, 0.5) is 5.00 Å². The highest BCUT2D eigenvalue weighted by Crippen LogP contribution is 2.36. The fourth-order valence-corrected chi connectivity index (χ4v) is 3.80. The summed E-state index contributed by atoms with van der Waals surface area (Å²) in [6, 6.07) is 12.4. The smallest absolute Gasteiger partial charge is 0.341 e. The maximum Gasteiger partial charge on any atom is 0.341 e. The highest BCUT2D eigenvalue weighted by atomic mass is 32.1. The largest absolute Gasteiger partial charge is 0.464 e. The van der Waals surface area contributed by atoms with E-state index >= 15 is 0 Å². The molecule has 2 amide bonds. The minimum atomic E-state index is -0.764. The predicted molar refractivity (Wildman–Crippen MR) is 121 cm³/mol. The lowest BCUT2D eigenvalue weighted by atomic mass is 10.1. The van der Waals surface area contributed by atoms with Crippen LogP contribution in [0.25, 0.3) is 11.3 Å². The molecule has 2 N–H and O–H groups in total. The molecule has 3 aromatic rings. The van der Waals surface area contributed by atoms with E-state index < -0.39 is 24.5 Å². The second-order valence-corrected chi connectivity index (χ2v) is 7.58. The predicted octanol–water partition coefficient (Wildman–Crippen LogP) is 3.03. The molecule has 2 heterocycles. The fourth-order valence-electron chi connectivity index (χ4n) is 2.84. The van der Waals surface area contributed by atoms with E-state index in [0.717, 1.165) is 16.9 Å². The standard InChI is InChI=1S/C23H22N2O7S/c1-2-30-23(29)21-16(17-9-6-10-31-17)14-33-22(21)25-19(27)13-32-20(28)12-24-18(26)11-15-7-4-3-5-8-15/h3-10,14H,2,11-13H2,1H3,(H,24,26)(H,25,27). The summed E-state index contributed by atoms with van der Waals surface area (Å²) in [5.41, 5.74) is 1.45. The van der Waals surface area contributed by atoms with Gasteiger partial charge in [0.05, 0.1) is 19.3 Å². The topological polar surface area (TPSA) is 124 Å². The van der Waals surface area contributed by atoms with Crippen molar-refractivity contribution >= 4 is 40.1 Å². The number of amides is 2. The molecule has 1 aromatic carbocycles. The summed E-state index contributed by atoms with van der Waals surface area (Å²) in [5, 5.41) is 6.91. The van der Waals surface area contributed by atoms with Crippen LogP contribution >= 0.6 is 11.3 Å². The normalized spacial score (nSPS) is 10.3. The molecule has 0 aliphatic carbocycles. The lowest BCUT2D eigenvalue weighted by Crippen LogP contribution is -2.33. The van der Waals surface area contributed by atoms with Gasteiger partial charge in [-0.05, 0) is 24.6 Å². The quantitative estimate of drug-likeness (QED) is 0.437. The zero-order chi connectivity index (χ0) is 23.6. The number of thiophene rings is 1. The maximum absolute atomic E-state index is 12.4. The summed E-state index contributed by atoms with van der Waals surface area (Å²) in [6.07, 6.45) is 1.60. The lowest BCUT2D eigenvalue weighted by molar-refractivity contribution is -0.147. The molecule has 0 saturated carbocycles. The van der Waals surface area contributed by atoms with E-state index in [1.54, 1.807) is 36.6 Å². The Balaban J connectivity index is 1.51. The van der Waals surface area contributed by atoms with Crippen LogP contribution in [0.2, 0.25) is 0 Å². The zero-order valence-electron chi connectivity index (χ0n) is 17.8. The molecule has 2 aromatic heterocycles. The number of anilines is 1. The molecule has 0 atom stereocenters. The molecular weight excluding hydrogens is 448 g/mol. The number of ether oxygens (including phenoxy) is 2. The van der Waals surface area contributed by atoms with Crippen molar-refractivity contribution in [2.75, 3.05) is 25.1 Å². The first-order chi connectivity index (χ1) is 16.0. The van der Waals surface area contributed by atoms with Gasteiger partial charge in [-0.1, -0.05) is 30.3 Å². The number of hydrogen-bond donors (Lipinski definition) is 2. The van der Waals surface area contributed by atoms with E-state index in [2.05, 4.69) is 10.6 Å². The van der Waals surface area contributed by atoms with Crippen molar-refractivity contribution < 1.29 is 33.1 Å². The number of nitrogens with one attached hydrogen (secondary N) is 2. The molecule has 0 aliphatic rings. The van der Waals surface area contributed by atoms with E-state index in [-0.39, 0.29) is 36.0 Å². The Hall–Kier alpha value is -3.92. The van der Waals surface area contributed by atoms with Gasteiger partial charge < -0.3 is 24.5 Å². The number of benzene rings is 1. The molecule has 0 unspecified atom stereocenters. The van der Waals surface area contributed by atoms with E-state index in [9.17, 15) is 19.2 Å². The second-order valence-electron chi connectivity index (χ2n) is 6.70. The summed E-state index contributed by atoms with van der Waals surface area (Å²) >= 11 is 1.12. The summed E-state index contributed by atoms with van der Waals surface area (Å²) in [6.45, 7) is 0.888. The molecule has 33 heavy (non-hydrogen) atoms. The Bertz CT molecular complexity index is 1110. The van der Waals surface area contributed by atoms with Crippen LogP contribution in [0.15, 0.2) is 58.5 Å². The summed E-state index contributed by atoms with van der Waals surface area (Å²) < 4.78 is 15.4. The van der Waals surface area contributed by atoms with Crippen molar-refractivity contribution in [3.05, 3.63) is 65.2 Å². The Morgan fingerprint density at radius 3 is 2.48 bits per heavy atom. The molecule has 0 saturated heterocycles. The summed E-state index contributed by atoms with van der Waals surface area (Å²) in [7, 11) is 0. The van der Waals surface area contributed by atoms with Crippen molar-refractivity contribution in [1.29, 1.82) is 0 Å². The van der Waals surface area contributed by atoms with Gasteiger partial charge in [0.15, 0.2) is 6.61 Å². The number of hydrogen-bond acceptors (Lipinski definition) is 8. The van der Waals surface area contributed by atoms with Crippen LogP contribution in [0.3, 0.4) is 0 Å². The first-order valence-electron chi connectivity index (χ1n) is 10.1. The SMILES string of the molecule is CCOC(=O)c1c(-c2ccco2)csc1NC(=O)COC(=O)CNC(=O)Cc1ccccc1. The van der Waals surface area contributed by atoms with Crippen molar-refractivity contribution in [3.8, 4) is 11.3 Å². The first-order valence-corrected chi connectivity index (χ1v) is 10.9. The van der Waals surface area contributed by atoms with Gasteiger partial charge in [0, 0.05) is 10.9 Å². The van der Waals surface area contributed by atoms with Gasteiger partial charge in [-0.3, -0.25) is 14.4 Å². The third kappa shape index (κ3) is 6.78. The van der Waals surface area contributed by atoms with Crippen LogP contribution < -0.4 is 10.6 Å². The molecule has 172 valence electrons. The fraction of sp³-hybridized carbons (Fsp3) is 0.217. The van der Waals surface area contributed by atoms with Gasteiger partial charge in [0.25, 0.3) is 5.91 Å². The minimum absolute atomic E-state index is 0.127. The van der Waals surface area contributed by atoms with Crippen molar-refractivity contribution in [3.63, 3.8) is 0 Å². The van der Waals surface area contributed by atoms with Gasteiger partial charge in [-0.2, -0.15) is 0 Å². The van der Waals surface area contributed by atoms with Gasteiger partial charge in [-0.15, -0.1) is 11.3 Å². The number of rotatable bonds is 10. The lowest BCUT2D eigenvalue weighted by Gasteiger charge is -2.09. The van der Waals surface area contributed by atoms with Crippen LogP contribution in [0.5, 0.6) is 0 Å². The van der Waals surface area contributed by atoms with Gasteiger partial charge >= 0.3 is 11.9 Å². The Labute approximate surface area is 193 Å². The average molecular weight is 471 g/mol. The molecule has 9 nitrogen and oxygen atoms in total.